The van der Waals surface area contributed by atoms with Crippen LogP contribution in [0.4, 0.5) is 0 Å². The number of carbonyl (C=O) groups excluding carboxylic acids is 1. The van der Waals surface area contributed by atoms with Crippen LogP contribution >= 0.6 is 11.6 Å². The van der Waals surface area contributed by atoms with Crippen LogP contribution in [-0.4, -0.2) is 37.7 Å². The highest BCUT2D eigenvalue weighted by Crippen LogP contribution is 2.45. The molecule has 170 valence electrons. The van der Waals surface area contributed by atoms with Gasteiger partial charge in [0.25, 0.3) is 5.91 Å². The Labute approximate surface area is 201 Å². The Morgan fingerprint density at radius 2 is 2.09 bits per heavy atom. The Kier molecular flexibility index (Phi) is 5.77. The molecule has 0 saturated carbocycles. The highest BCUT2D eigenvalue weighted by atomic mass is 35.5. The number of amides is 1. The van der Waals surface area contributed by atoms with E-state index in [1.165, 1.54) is 6.07 Å². The van der Waals surface area contributed by atoms with Crippen molar-refractivity contribution in [3.8, 4) is 22.8 Å². The number of ether oxygens (including phenoxy) is 1. The summed E-state index contributed by atoms with van der Waals surface area (Å²) in [6.45, 7) is 4.41. The molecular weight excluding hydrogens is 452 g/mol. The highest BCUT2D eigenvalue weighted by molar-refractivity contribution is 6.31. The fraction of sp³-hybridized carbons (Fsp3) is 0.115. The highest BCUT2D eigenvalue weighted by Gasteiger charge is 2.42. The molecule has 0 spiro atoms. The predicted molar refractivity (Wildman–Crippen MR) is 129 cm³/mol. The van der Waals surface area contributed by atoms with Gasteiger partial charge in [0.1, 0.15) is 29.5 Å². The number of phenols is 1. The molecule has 2 aromatic carbocycles. The van der Waals surface area contributed by atoms with Crippen molar-refractivity contribution in [1.82, 2.24) is 20.1 Å². The number of fused-ring (bicyclic) bond motifs is 1. The third kappa shape index (κ3) is 3.91. The summed E-state index contributed by atoms with van der Waals surface area (Å²) in [5.74, 6) is 0.496. The normalized spacial score (nSPS) is 14.8. The van der Waals surface area contributed by atoms with Crippen molar-refractivity contribution < 1.29 is 14.6 Å². The van der Waals surface area contributed by atoms with Gasteiger partial charge in [-0.2, -0.15) is 5.10 Å². The van der Waals surface area contributed by atoms with Gasteiger partial charge < -0.3 is 14.7 Å². The Bertz CT molecular complexity index is 1370. The first-order valence-corrected chi connectivity index (χ1v) is 11.0. The number of hydrogen-bond acceptors (Lipinski definition) is 5. The van der Waals surface area contributed by atoms with E-state index < -0.39 is 6.04 Å². The summed E-state index contributed by atoms with van der Waals surface area (Å²) >= 11 is 6.21. The van der Waals surface area contributed by atoms with Crippen LogP contribution in [0.2, 0.25) is 5.02 Å². The number of aromatic amines is 1. The fourth-order valence-corrected chi connectivity index (χ4v) is 4.40. The van der Waals surface area contributed by atoms with Crippen LogP contribution < -0.4 is 4.74 Å². The third-order valence-corrected chi connectivity index (χ3v) is 5.93. The zero-order valence-electron chi connectivity index (χ0n) is 18.1. The minimum atomic E-state index is -0.470. The van der Waals surface area contributed by atoms with Crippen LogP contribution in [0.15, 0.2) is 79.6 Å². The predicted octanol–water partition coefficient (Wildman–Crippen LogP) is 5.14. The lowest BCUT2D eigenvalue weighted by Crippen LogP contribution is -2.29. The summed E-state index contributed by atoms with van der Waals surface area (Å²) in [4.78, 5) is 19.5. The van der Waals surface area contributed by atoms with E-state index in [0.717, 1.165) is 11.1 Å². The Morgan fingerprint density at radius 3 is 2.88 bits per heavy atom. The summed E-state index contributed by atoms with van der Waals surface area (Å²) in [6, 6.07) is 15.6. The van der Waals surface area contributed by atoms with Gasteiger partial charge in [0.05, 0.1) is 6.04 Å². The van der Waals surface area contributed by atoms with Crippen molar-refractivity contribution in [2.45, 2.75) is 12.6 Å². The van der Waals surface area contributed by atoms with E-state index in [4.69, 9.17) is 16.3 Å². The Morgan fingerprint density at radius 1 is 1.21 bits per heavy atom. The Hall–Kier alpha value is -4.10. The molecule has 0 aliphatic carbocycles. The van der Waals surface area contributed by atoms with Gasteiger partial charge in [0.2, 0.25) is 0 Å². The first-order valence-electron chi connectivity index (χ1n) is 10.7. The minimum absolute atomic E-state index is 0.0266. The molecule has 0 bridgehead atoms. The average Bonchev–Trinajstić information content (AvgIpc) is 3.39. The lowest BCUT2D eigenvalue weighted by atomic mass is 9.95. The van der Waals surface area contributed by atoms with Gasteiger partial charge in [-0.15, -0.1) is 0 Å². The van der Waals surface area contributed by atoms with Crippen LogP contribution in [0.3, 0.4) is 0 Å². The van der Waals surface area contributed by atoms with Gasteiger partial charge in [-0.25, -0.2) is 0 Å². The smallest absolute Gasteiger partial charge is 0.273 e. The van der Waals surface area contributed by atoms with Crippen molar-refractivity contribution in [2.75, 3.05) is 6.61 Å². The van der Waals surface area contributed by atoms with E-state index in [2.05, 4.69) is 21.8 Å². The van der Waals surface area contributed by atoms with Crippen LogP contribution in [0.1, 0.15) is 33.2 Å². The molecule has 5 rings (SSSR count). The second-order valence-corrected chi connectivity index (χ2v) is 8.33. The molecule has 1 amide bonds. The molecule has 1 aliphatic rings. The zero-order valence-corrected chi connectivity index (χ0v) is 18.9. The quantitative estimate of drug-likeness (QED) is 0.363. The maximum atomic E-state index is 13.5. The molecule has 7 nitrogen and oxygen atoms in total. The van der Waals surface area contributed by atoms with Crippen molar-refractivity contribution in [3.63, 3.8) is 0 Å². The van der Waals surface area contributed by atoms with E-state index in [-0.39, 0.29) is 11.7 Å². The lowest BCUT2D eigenvalue weighted by Gasteiger charge is -2.26. The SMILES string of the molecule is C=CCOc1cccc(C2c3c(-c4cc(Cl)ccc4O)n[nH]c3C(=O)N2Cc2cccnc2)c1. The molecule has 34 heavy (non-hydrogen) atoms. The number of carbonyl (C=O) groups is 1. The molecule has 0 fully saturated rings. The monoisotopic (exact) mass is 472 g/mol. The summed E-state index contributed by atoms with van der Waals surface area (Å²) < 4.78 is 5.74. The molecule has 8 heteroatoms. The number of H-pyrrole nitrogens is 1. The van der Waals surface area contributed by atoms with Gasteiger partial charge in [-0.05, 0) is 47.5 Å². The number of nitrogens with zero attached hydrogens (tertiary/aromatic N) is 3. The lowest BCUT2D eigenvalue weighted by molar-refractivity contribution is 0.0729. The van der Waals surface area contributed by atoms with Crippen molar-refractivity contribution in [2.24, 2.45) is 0 Å². The minimum Gasteiger partial charge on any atom is -0.507 e. The third-order valence-electron chi connectivity index (χ3n) is 5.69. The topological polar surface area (TPSA) is 91.3 Å². The number of hydrogen-bond donors (Lipinski definition) is 2. The largest absolute Gasteiger partial charge is 0.507 e. The molecular formula is C26H21ClN4O3. The van der Waals surface area contributed by atoms with Gasteiger partial charge in [-0.1, -0.05) is 42.5 Å². The molecule has 2 aromatic heterocycles. The summed E-state index contributed by atoms with van der Waals surface area (Å²) in [7, 11) is 0. The molecule has 2 N–H and O–H groups in total. The molecule has 1 atom stereocenters. The zero-order chi connectivity index (χ0) is 23.7. The fourth-order valence-electron chi connectivity index (χ4n) is 4.23. The van der Waals surface area contributed by atoms with Crippen LogP contribution in [-0.2, 0) is 6.54 Å². The first kappa shape index (κ1) is 21.7. The molecule has 3 heterocycles. The molecule has 4 aromatic rings. The number of benzene rings is 2. The molecule has 0 saturated heterocycles. The summed E-state index contributed by atoms with van der Waals surface area (Å²) in [5, 5.41) is 18.3. The van der Waals surface area contributed by atoms with Crippen molar-refractivity contribution in [3.05, 3.63) is 107 Å². The van der Waals surface area contributed by atoms with Gasteiger partial charge in [-0.3, -0.25) is 14.9 Å². The van der Waals surface area contributed by atoms with Crippen LogP contribution in [0, 0.1) is 0 Å². The van der Waals surface area contributed by atoms with Gasteiger partial charge >= 0.3 is 0 Å². The summed E-state index contributed by atoms with van der Waals surface area (Å²) in [5.41, 5.74) is 3.71. The number of phenolic OH excluding ortho intramolecular Hbond substituents is 1. The van der Waals surface area contributed by atoms with Crippen molar-refractivity contribution in [1.29, 1.82) is 0 Å². The first-order chi connectivity index (χ1) is 16.6. The molecule has 1 aliphatic heterocycles. The number of aromatic hydroxyl groups is 1. The van der Waals surface area contributed by atoms with Gasteiger partial charge in [0.15, 0.2) is 0 Å². The number of halogens is 1. The van der Waals surface area contributed by atoms with Crippen LogP contribution in [0.25, 0.3) is 11.3 Å². The Balaban J connectivity index is 1.66. The molecule has 0 radical (unpaired) electrons. The summed E-state index contributed by atoms with van der Waals surface area (Å²) in [6.07, 6.45) is 5.11. The van der Waals surface area contributed by atoms with E-state index in [1.54, 1.807) is 35.5 Å². The molecule has 1 unspecified atom stereocenters. The van der Waals surface area contributed by atoms with E-state index >= 15 is 0 Å². The van der Waals surface area contributed by atoms with Crippen molar-refractivity contribution >= 4 is 17.5 Å². The standard InChI is InChI=1S/C26H21ClN4O3/c1-2-11-34-19-7-3-6-17(12-19)25-22-23(20-13-18(27)8-9-21(20)32)29-30-24(22)26(33)31(25)15-16-5-4-10-28-14-16/h2-10,12-14,25,32H,1,11,15H2,(H,29,30). The average molecular weight is 473 g/mol. The van der Waals surface area contributed by atoms with E-state index in [0.29, 0.717) is 46.4 Å². The van der Waals surface area contributed by atoms with Crippen LogP contribution in [0.5, 0.6) is 11.5 Å². The number of nitrogens with one attached hydrogen (secondary N) is 1. The maximum absolute atomic E-state index is 13.5. The maximum Gasteiger partial charge on any atom is 0.273 e. The van der Waals surface area contributed by atoms with E-state index in [1.807, 2.05) is 36.4 Å². The second-order valence-electron chi connectivity index (χ2n) is 7.89. The second kappa shape index (κ2) is 9.03. The number of rotatable bonds is 7. The number of aromatic nitrogens is 3. The van der Waals surface area contributed by atoms with Gasteiger partial charge in [0, 0.05) is 35.1 Å². The number of pyridine rings is 1. The van der Waals surface area contributed by atoms with E-state index in [9.17, 15) is 9.90 Å².